The van der Waals surface area contributed by atoms with E-state index in [0.29, 0.717) is 29.8 Å². The van der Waals surface area contributed by atoms with Crippen LogP contribution in [0.3, 0.4) is 0 Å². The Morgan fingerprint density at radius 1 is 0.971 bits per heavy atom. The van der Waals surface area contributed by atoms with E-state index in [4.69, 9.17) is 0 Å². The molecule has 0 bridgehead atoms. The Labute approximate surface area is 196 Å². The minimum atomic E-state index is -3.90. The maximum atomic E-state index is 12.9. The molecular weight excluding hydrogens is 460 g/mol. The molecule has 2 N–H and O–H groups in total. The summed E-state index contributed by atoms with van der Waals surface area (Å²) in [6.45, 7) is 0.765. The molecule has 11 heteroatoms. The predicted octanol–water partition coefficient (Wildman–Crippen LogP) is 1.38. The summed E-state index contributed by atoms with van der Waals surface area (Å²) in [4.78, 5) is 51.4. The van der Waals surface area contributed by atoms with Crippen LogP contribution in [0.25, 0.3) is 0 Å². The van der Waals surface area contributed by atoms with Gasteiger partial charge in [0.15, 0.2) is 0 Å². The van der Waals surface area contributed by atoms with Crippen molar-refractivity contribution >= 4 is 45.0 Å². The first-order valence-electron chi connectivity index (χ1n) is 10.9. The Bertz CT molecular complexity index is 1320. The van der Waals surface area contributed by atoms with Crippen LogP contribution in [0.4, 0.5) is 11.4 Å². The number of sulfonamides is 1. The van der Waals surface area contributed by atoms with Crippen LogP contribution < -0.4 is 14.9 Å². The average molecular weight is 483 g/mol. The van der Waals surface area contributed by atoms with Crippen molar-refractivity contribution in [3.05, 3.63) is 53.6 Å². The molecule has 4 amide bonds. The van der Waals surface area contributed by atoms with Crippen LogP contribution in [0.5, 0.6) is 0 Å². The molecule has 2 fully saturated rings. The van der Waals surface area contributed by atoms with Crippen LogP contribution in [0, 0.1) is 0 Å². The summed E-state index contributed by atoms with van der Waals surface area (Å²) in [5.41, 5.74) is 1.94. The van der Waals surface area contributed by atoms with E-state index in [0.717, 1.165) is 6.42 Å². The van der Waals surface area contributed by atoms with Crippen molar-refractivity contribution in [2.45, 2.75) is 43.2 Å². The Hall–Kier alpha value is -3.73. The zero-order chi connectivity index (χ0) is 24.0. The van der Waals surface area contributed by atoms with Crippen molar-refractivity contribution < 1.29 is 27.6 Å². The van der Waals surface area contributed by atoms with E-state index in [2.05, 4.69) is 10.0 Å². The van der Waals surface area contributed by atoms with Gasteiger partial charge < -0.3 is 9.80 Å². The molecule has 34 heavy (non-hydrogen) atoms. The molecule has 176 valence electrons. The van der Waals surface area contributed by atoms with Gasteiger partial charge in [-0.25, -0.2) is 8.42 Å². The summed E-state index contributed by atoms with van der Waals surface area (Å²) in [5, 5.41) is 2.25. The smallest absolute Gasteiger partial charge is 0.261 e. The van der Waals surface area contributed by atoms with Gasteiger partial charge in [-0.1, -0.05) is 0 Å². The van der Waals surface area contributed by atoms with E-state index in [1.165, 1.54) is 29.2 Å². The topological polar surface area (TPSA) is 133 Å². The van der Waals surface area contributed by atoms with Crippen molar-refractivity contribution in [2.75, 3.05) is 16.2 Å². The monoisotopic (exact) mass is 482 g/mol. The minimum Gasteiger partial charge on any atom is -0.322 e. The van der Waals surface area contributed by atoms with Crippen molar-refractivity contribution in [3.8, 4) is 0 Å². The molecule has 1 unspecified atom stereocenters. The fourth-order valence-electron chi connectivity index (χ4n) is 4.58. The average Bonchev–Trinajstić information content (AvgIpc) is 3.36. The Balaban J connectivity index is 1.32. The van der Waals surface area contributed by atoms with E-state index in [1.807, 2.05) is 0 Å². The van der Waals surface area contributed by atoms with Gasteiger partial charge in [0.25, 0.3) is 15.9 Å². The fourth-order valence-corrected chi connectivity index (χ4v) is 5.63. The zero-order valence-electron chi connectivity index (χ0n) is 18.1. The highest BCUT2D eigenvalue weighted by Crippen LogP contribution is 2.30. The fraction of sp³-hybridized carbons (Fsp3) is 0.304. The molecule has 3 heterocycles. The number of fused-ring (bicyclic) bond motifs is 1. The van der Waals surface area contributed by atoms with Gasteiger partial charge in [0.1, 0.15) is 6.04 Å². The summed E-state index contributed by atoms with van der Waals surface area (Å²) >= 11 is 0. The largest absolute Gasteiger partial charge is 0.322 e. The van der Waals surface area contributed by atoms with Gasteiger partial charge in [-0.15, -0.1) is 0 Å². The van der Waals surface area contributed by atoms with Crippen LogP contribution in [0.2, 0.25) is 0 Å². The van der Waals surface area contributed by atoms with Crippen molar-refractivity contribution in [1.82, 2.24) is 10.2 Å². The van der Waals surface area contributed by atoms with Gasteiger partial charge in [-0.2, -0.15) is 0 Å². The third-order valence-corrected chi connectivity index (χ3v) is 7.71. The Kier molecular flexibility index (Phi) is 5.35. The number of hydrogen-bond donors (Lipinski definition) is 2. The van der Waals surface area contributed by atoms with E-state index in [9.17, 15) is 27.6 Å². The number of carbonyl (C=O) groups excluding carboxylic acids is 4. The third kappa shape index (κ3) is 3.92. The summed E-state index contributed by atoms with van der Waals surface area (Å²) in [7, 11) is -3.90. The van der Waals surface area contributed by atoms with Crippen molar-refractivity contribution in [3.63, 3.8) is 0 Å². The number of hydrogen-bond acceptors (Lipinski definition) is 6. The summed E-state index contributed by atoms with van der Waals surface area (Å²) in [6, 6.07) is 9.99. The number of nitrogens with one attached hydrogen (secondary N) is 2. The molecule has 2 aromatic carbocycles. The van der Waals surface area contributed by atoms with E-state index in [1.54, 1.807) is 23.1 Å². The molecule has 0 aliphatic carbocycles. The number of benzene rings is 2. The number of rotatable bonds is 5. The van der Waals surface area contributed by atoms with E-state index >= 15 is 0 Å². The maximum absolute atomic E-state index is 12.9. The molecule has 3 aliphatic rings. The maximum Gasteiger partial charge on any atom is 0.261 e. The Morgan fingerprint density at radius 3 is 2.41 bits per heavy atom. The van der Waals surface area contributed by atoms with Gasteiger partial charge in [0.05, 0.1) is 4.90 Å². The summed E-state index contributed by atoms with van der Waals surface area (Å²) in [5.74, 6) is -1.17. The first-order valence-corrected chi connectivity index (χ1v) is 12.4. The standard InChI is InChI=1S/C23H22N4O6S/c28-20-10-9-19(22(30)24-20)27-13-14-12-15(3-8-18(14)23(27)31)25-34(32,33)17-6-4-16(5-7-17)26-11-1-2-21(26)29/h3-8,12,19,25H,1-2,9-11,13H2,(H,24,28,30). The van der Waals surface area contributed by atoms with Gasteiger partial charge in [0.2, 0.25) is 17.7 Å². The molecule has 0 spiro atoms. The van der Waals surface area contributed by atoms with Gasteiger partial charge >= 0.3 is 0 Å². The molecule has 0 aromatic heterocycles. The Morgan fingerprint density at radius 2 is 1.74 bits per heavy atom. The lowest BCUT2D eigenvalue weighted by molar-refractivity contribution is -0.137. The van der Waals surface area contributed by atoms with Gasteiger partial charge in [-0.3, -0.25) is 29.2 Å². The summed E-state index contributed by atoms with van der Waals surface area (Å²) in [6.07, 6.45) is 1.68. The minimum absolute atomic E-state index is 0.0211. The number of anilines is 2. The van der Waals surface area contributed by atoms with E-state index < -0.39 is 22.0 Å². The lowest BCUT2D eigenvalue weighted by Crippen LogP contribution is -2.52. The summed E-state index contributed by atoms with van der Waals surface area (Å²) < 4.78 is 28.3. The predicted molar refractivity (Wildman–Crippen MR) is 121 cm³/mol. The van der Waals surface area contributed by atoms with Crippen molar-refractivity contribution in [1.29, 1.82) is 0 Å². The number of piperidine rings is 1. The third-order valence-electron chi connectivity index (χ3n) is 6.31. The molecule has 3 aliphatic heterocycles. The molecular formula is C23H22N4O6S. The van der Waals surface area contributed by atoms with Crippen LogP contribution >= 0.6 is 0 Å². The van der Waals surface area contributed by atoms with Gasteiger partial charge in [0, 0.05) is 42.9 Å². The number of imide groups is 1. The molecule has 5 rings (SSSR count). The zero-order valence-corrected chi connectivity index (χ0v) is 18.9. The quantitative estimate of drug-likeness (QED) is 0.619. The van der Waals surface area contributed by atoms with Crippen LogP contribution in [0.15, 0.2) is 47.4 Å². The first-order chi connectivity index (χ1) is 16.2. The molecule has 10 nitrogen and oxygen atoms in total. The van der Waals surface area contributed by atoms with Crippen molar-refractivity contribution in [2.24, 2.45) is 0 Å². The second kappa shape index (κ2) is 8.24. The second-order valence-electron chi connectivity index (χ2n) is 8.52. The normalized spacial score (nSPS) is 20.5. The highest BCUT2D eigenvalue weighted by molar-refractivity contribution is 7.92. The second-order valence-corrected chi connectivity index (χ2v) is 10.2. The molecule has 1 atom stereocenters. The number of amides is 4. The lowest BCUT2D eigenvalue weighted by Gasteiger charge is -2.29. The molecule has 0 saturated carbocycles. The highest BCUT2D eigenvalue weighted by Gasteiger charge is 2.39. The lowest BCUT2D eigenvalue weighted by atomic mass is 10.0. The first kappa shape index (κ1) is 22.1. The van der Waals surface area contributed by atoms with Crippen LogP contribution in [-0.2, 0) is 31.0 Å². The van der Waals surface area contributed by atoms with Crippen LogP contribution in [-0.4, -0.2) is 49.5 Å². The van der Waals surface area contributed by atoms with E-state index in [-0.39, 0.29) is 47.7 Å². The molecule has 0 radical (unpaired) electrons. The molecule has 2 saturated heterocycles. The van der Waals surface area contributed by atoms with Crippen LogP contribution in [0.1, 0.15) is 41.6 Å². The van der Waals surface area contributed by atoms with Gasteiger partial charge in [-0.05, 0) is 60.9 Å². The SMILES string of the molecule is O=C1CCC(N2Cc3cc(NS(=O)(=O)c4ccc(N5CCCC5=O)cc4)ccc3C2=O)C(=O)N1. The molecule has 2 aromatic rings. The number of carbonyl (C=O) groups is 4. The number of nitrogens with zero attached hydrogens (tertiary/aromatic N) is 2. The highest BCUT2D eigenvalue weighted by atomic mass is 32.2.